The van der Waals surface area contributed by atoms with E-state index in [0.29, 0.717) is 18.8 Å². The summed E-state index contributed by atoms with van der Waals surface area (Å²) in [5.74, 6) is 1.38. The Morgan fingerprint density at radius 1 is 1.03 bits per heavy atom. The van der Waals surface area contributed by atoms with E-state index in [-0.39, 0.29) is 16.7 Å². The number of thioether (sulfide) groups is 1. The second-order valence-corrected chi connectivity index (χ2v) is 9.63. The molecule has 0 unspecified atom stereocenters. The van der Waals surface area contributed by atoms with Crippen LogP contribution in [0.3, 0.4) is 0 Å². The Kier molecular flexibility index (Phi) is 6.52. The summed E-state index contributed by atoms with van der Waals surface area (Å²) in [6, 6.07) is 11.6. The molecule has 2 amide bonds. The first-order valence-electron chi connectivity index (χ1n) is 11.0. The van der Waals surface area contributed by atoms with E-state index in [1.165, 1.54) is 24.8 Å². The first-order chi connectivity index (χ1) is 14.6. The lowest BCUT2D eigenvalue weighted by Crippen LogP contribution is -2.53. The number of carbonyl (C=O) groups is 2. The zero-order valence-electron chi connectivity index (χ0n) is 17.6. The highest BCUT2D eigenvalue weighted by Crippen LogP contribution is 2.44. The van der Waals surface area contributed by atoms with Gasteiger partial charge in [0.25, 0.3) is 11.8 Å². The molecule has 2 aliphatic heterocycles. The van der Waals surface area contributed by atoms with Crippen LogP contribution in [-0.2, 0) is 6.42 Å². The third kappa shape index (κ3) is 4.29. The number of furan rings is 1. The summed E-state index contributed by atoms with van der Waals surface area (Å²) in [5, 5.41) is 0. The lowest BCUT2D eigenvalue weighted by atomic mass is 10.00. The average Bonchev–Trinajstić information content (AvgIpc) is 3.45. The third-order valence-electron chi connectivity index (χ3n) is 6.26. The third-order valence-corrected chi connectivity index (χ3v) is 7.81. The molecule has 0 radical (unpaired) electrons. The van der Waals surface area contributed by atoms with E-state index >= 15 is 0 Å². The fraction of sp³-hybridized carbons (Fsp3) is 0.500. The van der Waals surface area contributed by atoms with Gasteiger partial charge in [-0.05, 0) is 55.5 Å². The molecule has 3 heterocycles. The molecule has 5 nitrogen and oxygen atoms in total. The number of hydrogen-bond donors (Lipinski definition) is 0. The molecule has 0 bridgehead atoms. The van der Waals surface area contributed by atoms with Crippen LogP contribution in [0.2, 0.25) is 0 Å². The van der Waals surface area contributed by atoms with Crippen molar-refractivity contribution in [2.24, 2.45) is 0 Å². The van der Waals surface area contributed by atoms with Crippen LogP contribution in [0.4, 0.5) is 0 Å². The van der Waals surface area contributed by atoms with Crippen molar-refractivity contribution < 1.29 is 14.0 Å². The van der Waals surface area contributed by atoms with Crippen molar-refractivity contribution in [1.29, 1.82) is 0 Å². The molecule has 2 fully saturated rings. The van der Waals surface area contributed by atoms with Gasteiger partial charge in [0, 0.05) is 31.0 Å². The van der Waals surface area contributed by atoms with E-state index in [2.05, 4.69) is 19.1 Å². The van der Waals surface area contributed by atoms with Crippen molar-refractivity contribution in [3.63, 3.8) is 0 Å². The average molecular weight is 427 g/mol. The molecule has 0 aliphatic carbocycles. The molecule has 1 aromatic carbocycles. The van der Waals surface area contributed by atoms with Crippen LogP contribution in [0.5, 0.6) is 0 Å². The van der Waals surface area contributed by atoms with E-state index in [1.54, 1.807) is 18.4 Å². The molecule has 160 valence electrons. The summed E-state index contributed by atoms with van der Waals surface area (Å²) in [4.78, 5) is 29.6. The lowest BCUT2D eigenvalue weighted by molar-refractivity contribution is 0.0477. The van der Waals surface area contributed by atoms with Crippen LogP contribution in [0.25, 0.3) is 0 Å². The minimum absolute atomic E-state index is 0.0385. The summed E-state index contributed by atoms with van der Waals surface area (Å²) < 4.78 is 5.33. The molecule has 2 saturated heterocycles. The highest BCUT2D eigenvalue weighted by atomic mass is 32.2. The van der Waals surface area contributed by atoms with Crippen molar-refractivity contribution in [3.05, 3.63) is 59.5 Å². The van der Waals surface area contributed by atoms with Crippen LogP contribution >= 0.6 is 11.8 Å². The van der Waals surface area contributed by atoms with Crippen LogP contribution in [0, 0.1) is 0 Å². The Labute approximate surface area is 182 Å². The second kappa shape index (κ2) is 9.29. The standard InChI is InChI=1S/C24H30N2O3S/c1-2-3-4-6-19-8-10-20(11-9-19)22(27)25-14-12-24(13-15-25)26(16-18-30-24)23(28)21-7-5-17-29-21/h5,7-11,17H,2-4,6,12-16,18H2,1H3. The lowest BCUT2D eigenvalue weighted by Gasteiger charge is -2.43. The van der Waals surface area contributed by atoms with E-state index < -0.39 is 0 Å². The van der Waals surface area contributed by atoms with Gasteiger partial charge in [0.05, 0.1) is 11.1 Å². The minimum Gasteiger partial charge on any atom is -0.459 e. The second-order valence-electron chi connectivity index (χ2n) is 8.17. The van der Waals surface area contributed by atoms with Gasteiger partial charge in [0.2, 0.25) is 0 Å². The predicted molar refractivity (Wildman–Crippen MR) is 120 cm³/mol. The van der Waals surface area contributed by atoms with Gasteiger partial charge in [-0.25, -0.2) is 0 Å². The Bertz CT molecular complexity index is 855. The number of hydrogen-bond acceptors (Lipinski definition) is 4. The van der Waals surface area contributed by atoms with E-state index in [4.69, 9.17) is 4.42 Å². The van der Waals surface area contributed by atoms with Gasteiger partial charge < -0.3 is 14.2 Å². The maximum atomic E-state index is 13.0. The van der Waals surface area contributed by atoms with Crippen LogP contribution in [0.1, 0.15) is 65.5 Å². The zero-order valence-corrected chi connectivity index (χ0v) is 18.5. The smallest absolute Gasteiger partial charge is 0.290 e. The molecule has 30 heavy (non-hydrogen) atoms. The molecule has 0 saturated carbocycles. The normalized spacial score (nSPS) is 18.2. The molecular weight excluding hydrogens is 396 g/mol. The summed E-state index contributed by atoms with van der Waals surface area (Å²) in [5.41, 5.74) is 2.06. The summed E-state index contributed by atoms with van der Waals surface area (Å²) in [6.07, 6.45) is 7.87. The number of carbonyl (C=O) groups excluding carboxylic acids is 2. The SMILES string of the molecule is CCCCCc1ccc(C(=O)N2CCC3(CC2)SCCN3C(=O)c2ccco2)cc1. The quantitative estimate of drug-likeness (QED) is 0.621. The van der Waals surface area contributed by atoms with Gasteiger partial charge in [-0.2, -0.15) is 0 Å². The van der Waals surface area contributed by atoms with Gasteiger partial charge in [-0.15, -0.1) is 11.8 Å². The Morgan fingerprint density at radius 3 is 2.47 bits per heavy atom. The zero-order chi connectivity index (χ0) is 21.0. The molecule has 6 heteroatoms. The number of rotatable bonds is 6. The minimum atomic E-state index is -0.218. The maximum absolute atomic E-state index is 13.0. The molecule has 4 rings (SSSR count). The van der Waals surface area contributed by atoms with Gasteiger partial charge >= 0.3 is 0 Å². The molecule has 2 aromatic rings. The van der Waals surface area contributed by atoms with Gasteiger partial charge in [0.1, 0.15) is 0 Å². The van der Waals surface area contributed by atoms with E-state index in [1.807, 2.05) is 33.7 Å². The number of aryl methyl sites for hydroxylation is 1. The molecule has 2 aliphatic rings. The molecule has 1 spiro atoms. The monoisotopic (exact) mass is 426 g/mol. The Balaban J connectivity index is 1.36. The van der Waals surface area contributed by atoms with Crippen molar-refractivity contribution in [3.8, 4) is 0 Å². The molecular formula is C24H30N2O3S. The van der Waals surface area contributed by atoms with Crippen LogP contribution in [-0.4, -0.2) is 51.9 Å². The number of likely N-dealkylation sites (tertiary alicyclic amines) is 1. The number of benzene rings is 1. The number of nitrogens with zero attached hydrogens (tertiary/aromatic N) is 2. The highest BCUT2D eigenvalue weighted by Gasteiger charge is 2.47. The molecule has 1 aromatic heterocycles. The topological polar surface area (TPSA) is 53.8 Å². The maximum Gasteiger partial charge on any atom is 0.290 e. The van der Waals surface area contributed by atoms with E-state index in [0.717, 1.165) is 37.1 Å². The van der Waals surface area contributed by atoms with Gasteiger partial charge in [-0.1, -0.05) is 31.9 Å². The largest absolute Gasteiger partial charge is 0.459 e. The summed E-state index contributed by atoms with van der Waals surface area (Å²) >= 11 is 1.85. The fourth-order valence-corrected chi connectivity index (χ4v) is 5.93. The molecule has 0 N–H and O–H groups in total. The van der Waals surface area contributed by atoms with Crippen LogP contribution in [0.15, 0.2) is 47.1 Å². The summed E-state index contributed by atoms with van der Waals surface area (Å²) in [7, 11) is 0. The molecule has 0 atom stereocenters. The number of piperidine rings is 1. The first kappa shape index (κ1) is 21.0. The Hall–Kier alpha value is -2.21. The van der Waals surface area contributed by atoms with Crippen molar-refractivity contribution in [1.82, 2.24) is 9.80 Å². The number of unbranched alkanes of at least 4 members (excludes halogenated alkanes) is 2. The summed E-state index contributed by atoms with van der Waals surface area (Å²) in [6.45, 7) is 4.29. The van der Waals surface area contributed by atoms with Gasteiger partial charge in [0.15, 0.2) is 5.76 Å². The van der Waals surface area contributed by atoms with Crippen LogP contribution < -0.4 is 0 Å². The van der Waals surface area contributed by atoms with Crippen molar-refractivity contribution in [2.45, 2.75) is 50.3 Å². The predicted octanol–water partition coefficient (Wildman–Crippen LogP) is 4.83. The number of amides is 2. The van der Waals surface area contributed by atoms with Gasteiger partial charge in [-0.3, -0.25) is 9.59 Å². The van der Waals surface area contributed by atoms with E-state index in [9.17, 15) is 9.59 Å². The Morgan fingerprint density at radius 2 is 1.80 bits per heavy atom. The first-order valence-corrected chi connectivity index (χ1v) is 12.0. The van der Waals surface area contributed by atoms with Crippen molar-refractivity contribution >= 4 is 23.6 Å². The fourth-order valence-electron chi connectivity index (χ4n) is 4.48. The highest BCUT2D eigenvalue weighted by molar-refractivity contribution is 8.00. The van der Waals surface area contributed by atoms with Crippen molar-refractivity contribution in [2.75, 3.05) is 25.4 Å².